The Morgan fingerprint density at radius 1 is 1.26 bits per heavy atom. The largest absolute Gasteiger partial charge is 0.462 e. The van der Waals surface area contributed by atoms with Crippen LogP contribution in [0.1, 0.15) is 59.8 Å². The number of ether oxygens (including phenoxy) is 1. The first kappa shape index (κ1) is 15.2. The van der Waals surface area contributed by atoms with E-state index < -0.39 is 0 Å². The zero-order valence-electron chi connectivity index (χ0n) is 13.5. The molecule has 0 aliphatic heterocycles. The van der Waals surface area contributed by atoms with Gasteiger partial charge in [0.15, 0.2) is 0 Å². The van der Waals surface area contributed by atoms with Crippen molar-refractivity contribution in [3.8, 4) is 0 Å². The second kappa shape index (κ2) is 5.93. The van der Waals surface area contributed by atoms with Crippen LogP contribution in [0.15, 0.2) is 0 Å². The molecule has 0 radical (unpaired) electrons. The van der Waals surface area contributed by atoms with Crippen LogP contribution in [0.4, 0.5) is 5.00 Å². The van der Waals surface area contributed by atoms with Crippen molar-refractivity contribution in [1.29, 1.82) is 0 Å². The first-order valence-electron chi connectivity index (χ1n) is 8.80. The Hall–Kier alpha value is -1.36. The van der Waals surface area contributed by atoms with E-state index in [4.69, 9.17) is 4.74 Å². The lowest BCUT2D eigenvalue weighted by Gasteiger charge is -2.20. The molecule has 124 valence electrons. The van der Waals surface area contributed by atoms with Gasteiger partial charge in [-0.3, -0.25) is 4.79 Å². The van der Waals surface area contributed by atoms with Gasteiger partial charge in [-0.1, -0.05) is 6.42 Å². The molecule has 1 aromatic heterocycles. The van der Waals surface area contributed by atoms with Crippen molar-refractivity contribution in [1.82, 2.24) is 0 Å². The van der Waals surface area contributed by atoms with E-state index in [1.54, 1.807) is 11.3 Å². The summed E-state index contributed by atoms with van der Waals surface area (Å²) in [5.41, 5.74) is 1.73. The fourth-order valence-corrected chi connectivity index (χ4v) is 5.96. The van der Waals surface area contributed by atoms with Crippen molar-refractivity contribution in [2.45, 2.75) is 51.9 Å². The Bertz CT molecular complexity index is 651. The Kier molecular flexibility index (Phi) is 3.92. The third-order valence-corrected chi connectivity index (χ3v) is 6.92. The zero-order valence-corrected chi connectivity index (χ0v) is 14.3. The van der Waals surface area contributed by atoms with E-state index in [1.165, 1.54) is 24.1 Å². The maximum atomic E-state index is 12.7. The molecule has 3 aliphatic rings. The van der Waals surface area contributed by atoms with Gasteiger partial charge in [0.1, 0.15) is 5.00 Å². The first-order valence-corrected chi connectivity index (χ1v) is 9.61. The number of anilines is 1. The lowest BCUT2D eigenvalue weighted by atomic mass is 9.88. The average molecular weight is 333 g/mol. The number of carbonyl (C=O) groups is 2. The van der Waals surface area contributed by atoms with Crippen molar-refractivity contribution in [3.05, 3.63) is 16.0 Å². The summed E-state index contributed by atoms with van der Waals surface area (Å²) in [4.78, 5) is 26.3. The molecular weight excluding hydrogens is 310 g/mol. The lowest BCUT2D eigenvalue weighted by Crippen LogP contribution is -2.27. The highest BCUT2D eigenvalue weighted by atomic mass is 32.1. The molecule has 0 saturated heterocycles. The van der Waals surface area contributed by atoms with E-state index in [2.05, 4.69) is 5.32 Å². The molecule has 23 heavy (non-hydrogen) atoms. The topological polar surface area (TPSA) is 55.4 Å². The maximum Gasteiger partial charge on any atom is 0.341 e. The quantitative estimate of drug-likeness (QED) is 0.853. The molecule has 2 saturated carbocycles. The van der Waals surface area contributed by atoms with Gasteiger partial charge in [-0.2, -0.15) is 0 Å². The summed E-state index contributed by atoms with van der Waals surface area (Å²) in [6.45, 7) is 2.18. The number of carbonyl (C=O) groups excluding carboxylic acids is 2. The van der Waals surface area contributed by atoms with Gasteiger partial charge in [-0.25, -0.2) is 4.79 Å². The summed E-state index contributed by atoms with van der Waals surface area (Å²) in [6, 6.07) is 0. The predicted octanol–water partition coefficient (Wildman–Crippen LogP) is 3.79. The summed E-state index contributed by atoms with van der Waals surface area (Å²) in [7, 11) is 0. The minimum Gasteiger partial charge on any atom is -0.462 e. The number of fused-ring (bicyclic) bond motifs is 3. The molecule has 0 aromatic carbocycles. The second-order valence-corrected chi connectivity index (χ2v) is 8.16. The Labute approximate surface area is 140 Å². The molecule has 5 heteroatoms. The van der Waals surface area contributed by atoms with Crippen molar-refractivity contribution in [3.63, 3.8) is 0 Å². The maximum absolute atomic E-state index is 12.7. The smallest absolute Gasteiger partial charge is 0.341 e. The summed E-state index contributed by atoms with van der Waals surface area (Å²) >= 11 is 1.58. The van der Waals surface area contributed by atoms with Crippen LogP contribution in [0.3, 0.4) is 0 Å². The van der Waals surface area contributed by atoms with Gasteiger partial charge in [0, 0.05) is 10.8 Å². The third-order valence-electron chi connectivity index (χ3n) is 5.71. The number of thiophene rings is 1. The molecule has 2 bridgehead atoms. The van der Waals surface area contributed by atoms with Gasteiger partial charge in [0.2, 0.25) is 5.91 Å². The molecule has 3 aliphatic carbocycles. The van der Waals surface area contributed by atoms with Crippen LogP contribution in [-0.2, 0) is 22.4 Å². The Morgan fingerprint density at radius 3 is 2.83 bits per heavy atom. The van der Waals surface area contributed by atoms with E-state index in [9.17, 15) is 9.59 Å². The minimum atomic E-state index is -0.282. The number of hydrogen-bond donors (Lipinski definition) is 1. The highest BCUT2D eigenvalue weighted by molar-refractivity contribution is 7.17. The standard InChI is InChI=1S/C18H23NO3S/c1-2-22-18(21)15-12-4-3-5-14(12)23-17(15)19-16(20)13-9-10-6-7-11(13)8-10/h10-11,13H,2-9H2,1H3,(H,19,20)/t10-,11+,13+/m0/s1. The lowest BCUT2D eigenvalue weighted by molar-refractivity contribution is -0.121. The van der Waals surface area contributed by atoms with Crippen molar-refractivity contribution < 1.29 is 14.3 Å². The van der Waals surface area contributed by atoms with E-state index in [-0.39, 0.29) is 17.8 Å². The average Bonchev–Trinajstić information content (AvgIpc) is 3.27. The molecule has 0 spiro atoms. The van der Waals surface area contributed by atoms with Crippen molar-refractivity contribution >= 4 is 28.2 Å². The summed E-state index contributed by atoms with van der Waals surface area (Å²) < 4.78 is 5.23. The van der Waals surface area contributed by atoms with Gasteiger partial charge in [-0.15, -0.1) is 11.3 Å². The highest BCUT2D eigenvalue weighted by Gasteiger charge is 2.43. The molecule has 4 nitrogen and oxygen atoms in total. The first-order chi connectivity index (χ1) is 11.2. The van der Waals surface area contributed by atoms with E-state index in [0.29, 0.717) is 18.1 Å². The van der Waals surface area contributed by atoms with E-state index in [1.807, 2.05) is 6.92 Å². The highest BCUT2D eigenvalue weighted by Crippen LogP contribution is 2.49. The predicted molar refractivity (Wildman–Crippen MR) is 89.9 cm³/mol. The number of esters is 1. The van der Waals surface area contributed by atoms with Crippen molar-refractivity contribution in [2.24, 2.45) is 17.8 Å². The molecule has 1 amide bonds. The van der Waals surface area contributed by atoms with Crippen LogP contribution in [0.5, 0.6) is 0 Å². The van der Waals surface area contributed by atoms with Gasteiger partial charge in [-0.05, 0) is 62.8 Å². The Balaban J connectivity index is 1.56. The number of hydrogen-bond acceptors (Lipinski definition) is 4. The van der Waals surface area contributed by atoms with Gasteiger partial charge < -0.3 is 10.1 Å². The number of rotatable bonds is 4. The zero-order chi connectivity index (χ0) is 16.0. The Morgan fingerprint density at radius 2 is 2.13 bits per heavy atom. The monoisotopic (exact) mass is 333 g/mol. The van der Waals surface area contributed by atoms with Crippen LogP contribution in [0, 0.1) is 17.8 Å². The van der Waals surface area contributed by atoms with Crippen molar-refractivity contribution in [2.75, 3.05) is 11.9 Å². The summed E-state index contributed by atoms with van der Waals surface area (Å²) in [5.74, 6) is 1.27. The molecule has 0 unspecified atom stereocenters. The third kappa shape index (κ3) is 2.59. The van der Waals surface area contributed by atoms with E-state index >= 15 is 0 Å². The second-order valence-electron chi connectivity index (χ2n) is 7.05. The molecule has 1 heterocycles. The van der Waals surface area contributed by atoms with Gasteiger partial charge in [0.25, 0.3) is 0 Å². The normalized spacial score (nSPS) is 28.0. The van der Waals surface area contributed by atoms with Crippen LogP contribution in [-0.4, -0.2) is 18.5 Å². The summed E-state index contributed by atoms with van der Waals surface area (Å²) in [6.07, 6.45) is 7.74. The molecule has 1 aromatic rings. The fourth-order valence-electron chi connectivity index (χ4n) is 4.68. The fraction of sp³-hybridized carbons (Fsp3) is 0.667. The van der Waals surface area contributed by atoms with Crippen LogP contribution >= 0.6 is 11.3 Å². The molecule has 1 N–H and O–H groups in total. The number of nitrogens with one attached hydrogen (secondary N) is 1. The van der Waals surface area contributed by atoms with Crippen LogP contribution < -0.4 is 5.32 Å². The van der Waals surface area contributed by atoms with Gasteiger partial charge in [0.05, 0.1) is 12.2 Å². The van der Waals surface area contributed by atoms with E-state index in [0.717, 1.165) is 42.2 Å². The van der Waals surface area contributed by atoms with Gasteiger partial charge >= 0.3 is 5.97 Å². The van der Waals surface area contributed by atoms with Crippen LogP contribution in [0.2, 0.25) is 0 Å². The SMILES string of the molecule is CCOC(=O)c1c(NC(=O)[C@@H]2C[C@H]3CC[C@@H]2C3)sc2c1CCC2. The molecule has 3 atom stereocenters. The number of aryl methyl sites for hydroxylation is 1. The molecule has 4 rings (SSSR count). The molecule has 2 fully saturated rings. The summed E-state index contributed by atoms with van der Waals surface area (Å²) in [5, 5.41) is 3.81. The van der Waals surface area contributed by atoms with Crippen LogP contribution in [0.25, 0.3) is 0 Å². The number of amides is 1. The molecular formula is C18H23NO3S. The minimum absolute atomic E-state index is 0.114.